The molecule has 0 saturated heterocycles. The second kappa shape index (κ2) is 7.31. The molecule has 1 fully saturated rings. The van der Waals surface area contributed by atoms with Gasteiger partial charge in [0, 0.05) is 0 Å². The zero-order valence-corrected chi connectivity index (χ0v) is 15.3. The minimum absolute atomic E-state index is 0.217. The van der Waals surface area contributed by atoms with Gasteiger partial charge in [-0.25, -0.2) is 0 Å². The van der Waals surface area contributed by atoms with Crippen molar-refractivity contribution in [2.45, 2.75) is 90.8 Å². The molecule has 3 atom stereocenters. The molecule has 0 aromatic heterocycles. The molecule has 2 heteroatoms. The summed E-state index contributed by atoms with van der Waals surface area (Å²) in [6.45, 7) is 14.2. The van der Waals surface area contributed by atoms with Crippen molar-refractivity contribution in [2.24, 2.45) is 11.3 Å². The highest BCUT2D eigenvalue weighted by Crippen LogP contribution is 2.48. The van der Waals surface area contributed by atoms with E-state index in [1.807, 2.05) is 6.92 Å². The minimum Gasteiger partial charge on any atom is -0.390 e. The normalized spacial score (nSPS) is 31.6. The number of aliphatic hydroxyl groups is 2. The summed E-state index contributed by atoms with van der Waals surface area (Å²) in [4.78, 5) is 0. The third-order valence-corrected chi connectivity index (χ3v) is 5.61. The summed E-state index contributed by atoms with van der Waals surface area (Å²) < 4.78 is 0. The molecule has 0 aromatic rings. The van der Waals surface area contributed by atoms with Crippen LogP contribution in [0, 0.1) is 11.3 Å². The molecule has 0 radical (unpaired) electrons. The molecule has 1 rings (SSSR count). The van der Waals surface area contributed by atoms with Gasteiger partial charge in [-0.15, -0.1) is 6.58 Å². The van der Waals surface area contributed by atoms with Crippen LogP contribution in [-0.2, 0) is 0 Å². The van der Waals surface area contributed by atoms with E-state index in [-0.39, 0.29) is 5.41 Å². The van der Waals surface area contributed by atoms with Gasteiger partial charge >= 0.3 is 0 Å². The molecule has 128 valence electrons. The molecular weight excluding hydrogens is 272 g/mol. The van der Waals surface area contributed by atoms with Gasteiger partial charge in [-0.1, -0.05) is 38.0 Å². The monoisotopic (exact) mass is 308 g/mol. The molecule has 2 N–H and O–H groups in total. The summed E-state index contributed by atoms with van der Waals surface area (Å²) in [5.41, 5.74) is 0.270. The molecular formula is C20H36O2. The van der Waals surface area contributed by atoms with Crippen molar-refractivity contribution < 1.29 is 10.2 Å². The Morgan fingerprint density at radius 3 is 2.50 bits per heavy atom. The zero-order valence-electron chi connectivity index (χ0n) is 15.3. The van der Waals surface area contributed by atoms with E-state index in [1.54, 1.807) is 13.0 Å². The summed E-state index contributed by atoms with van der Waals surface area (Å²) in [6, 6.07) is 0. The summed E-state index contributed by atoms with van der Waals surface area (Å²) in [5.74, 6) is 0.355. The van der Waals surface area contributed by atoms with Crippen molar-refractivity contribution in [3.63, 3.8) is 0 Å². The maximum Gasteiger partial charge on any atom is 0.0800 e. The first-order valence-corrected chi connectivity index (χ1v) is 8.74. The van der Waals surface area contributed by atoms with Crippen molar-refractivity contribution >= 4 is 0 Å². The third-order valence-electron chi connectivity index (χ3n) is 5.61. The molecule has 0 bridgehead atoms. The molecule has 0 spiro atoms. The van der Waals surface area contributed by atoms with Gasteiger partial charge in [-0.3, -0.25) is 0 Å². The number of allylic oxidation sites excluding steroid dienone is 2. The van der Waals surface area contributed by atoms with Gasteiger partial charge in [0.15, 0.2) is 0 Å². The first-order valence-electron chi connectivity index (χ1n) is 8.74. The molecule has 1 aliphatic carbocycles. The van der Waals surface area contributed by atoms with Gasteiger partial charge in [-0.2, -0.15) is 0 Å². The van der Waals surface area contributed by atoms with Gasteiger partial charge in [-0.05, 0) is 70.6 Å². The topological polar surface area (TPSA) is 40.5 Å². The van der Waals surface area contributed by atoms with Gasteiger partial charge in [0.05, 0.1) is 11.2 Å². The molecule has 1 saturated carbocycles. The Hall–Kier alpha value is -0.600. The first-order chi connectivity index (χ1) is 10.0. The van der Waals surface area contributed by atoms with Crippen LogP contribution in [0.15, 0.2) is 24.3 Å². The average Bonchev–Trinajstić information content (AvgIpc) is 2.36. The fourth-order valence-electron chi connectivity index (χ4n) is 3.98. The Morgan fingerprint density at radius 2 is 1.95 bits per heavy atom. The molecule has 2 nitrogen and oxygen atoms in total. The number of hydrogen-bond donors (Lipinski definition) is 2. The Morgan fingerprint density at radius 1 is 1.32 bits per heavy atom. The van der Waals surface area contributed by atoms with E-state index in [0.717, 1.165) is 32.1 Å². The maximum atomic E-state index is 10.7. The van der Waals surface area contributed by atoms with Crippen LogP contribution in [0.25, 0.3) is 0 Å². The van der Waals surface area contributed by atoms with Crippen LogP contribution >= 0.6 is 0 Å². The highest BCUT2D eigenvalue weighted by atomic mass is 16.3. The van der Waals surface area contributed by atoms with E-state index in [9.17, 15) is 10.2 Å². The van der Waals surface area contributed by atoms with E-state index in [1.165, 1.54) is 12.0 Å². The van der Waals surface area contributed by atoms with Crippen molar-refractivity contribution in [1.82, 2.24) is 0 Å². The summed E-state index contributed by atoms with van der Waals surface area (Å²) in [5, 5.41) is 20.7. The van der Waals surface area contributed by atoms with E-state index in [4.69, 9.17) is 0 Å². The van der Waals surface area contributed by atoms with Gasteiger partial charge in [0.1, 0.15) is 0 Å². The Labute approximate surface area is 137 Å². The lowest BCUT2D eigenvalue weighted by atomic mass is 9.60. The third kappa shape index (κ3) is 5.55. The van der Waals surface area contributed by atoms with Crippen LogP contribution in [0.5, 0.6) is 0 Å². The fraction of sp³-hybridized carbons (Fsp3) is 0.800. The summed E-state index contributed by atoms with van der Waals surface area (Å²) in [6.07, 6.45) is 10.7. The quantitative estimate of drug-likeness (QED) is 0.649. The van der Waals surface area contributed by atoms with E-state index >= 15 is 0 Å². The zero-order chi connectivity index (χ0) is 17.0. The second-order valence-electron chi connectivity index (χ2n) is 8.44. The van der Waals surface area contributed by atoms with Crippen molar-refractivity contribution in [1.29, 1.82) is 0 Å². The number of rotatable bonds is 7. The van der Waals surface area contributed by atoms with Crippen LogP contribution in [-0.4, -0.2) is 21.4 Å². The molecule has 0 amide bonds. The van der Waals surface area contributed by atoms with E-state index < -0.39 is 11.2 Å². The number of hydrogen-bond acceptors (Lipinski definition) is 2. The van der Waals surface area contributed by atoms with Crippen LogP contribution in [0.3, 0.4) is 0 Å². The maximum absolute atomic E-state index is 10.7. The lowest BCUT2D eigenvalue weighted by molar-refractivity contribution is -0.0918. The standard InChI is InChI=1S/C20H36O2/c1-7-19(5,21)14-8-10-16(2)11-12-17-18(3,4)13-9-15-20(17,6)22/h7,10,17,21-22H,1,8-9,11-15H2,2-6H3. The van der Waals surface area contributed by atoms with Crippen molar-refractivity contribution in [3.8, 4) is 0 Å². The predicted molar refractivity (Wildman–Crippen MR) is 94.8 cm³/mol. The molecule has 3 unspecified atom stereocenters. The Balaban J connectivity index is 2.54. The van der Waals surface area contributed by atoms with E-state index in [0.29, 0.717) is 12.3 Å². The van der Waals surface area contributed by atoms with Gasteiger partial charge in [0.2, 0.25) is 0 Å². The van der Waals surface area contributed by atoms with Crippen LogP contribution < -0.4 is 0 Å². The smallest absolute Gasteiger partial charge is 0.0800 e. The Kier molecular flexibility index (Phi) is 6.46. The van der Waals surface area contributed by atoms with Crippen LogP contribution in [0.1, 0.15) is 79.6 Å². The highest BCUT2D eigenvalue weighted by Gasteiger charge is 2.44. The molecule has 0 aromatic carbocycles. The highest BCUT2D eigenvalue weighted by molar-refractivity contribution is 5.03. The minimum atomic E-state index is -0.772. The fourth-order valence-corrected chi connectivity index (χ4v) is 3.98. The van der Waals surface area contributed by atoms with Gasteiger partial charge in [0.25, 0.3) is 0 Å². The molecule has 1 aliphatic rings. The van der Waals surface area contributed by atoms with E-state index in [2.05, 4.69) is 33.4 Å². The lowest BCUT2D eigenvalue weighted by Crippen LogP contribution is -2.46. The predicted octanol–water partition coefficient (Wildman–Crippen LogP) is 5.01. The summed E-state index contributed by atoms with van der Waals surface area (Å²) in [7, 11) is 0. The Bertz CT molecular complexity index is 386. The molecule has 0 aliphatic heterocycles. The van der Waals surface area contributed by atoms with Gasteiger partial charge < -0.3 is 10.2 Å². The van der Waals surface area contributed by atoms with Crippen molar-refractivity contribution in [3.05, 3.63) is 24.3 Å². The van der Waals surface area contributed by atoms with Crippen LogP contribution in [0.2, 0.25) is 0 Å². The van der Waals surface area contributed by atoms with Crippen LogP contribution in [0.4, 0.5) is 0 Å². The SMILES string of the molecule is C=CC(C)(O)CCC=C(C)CCC1C(C)(C)CCCC1(C)O. The first kappa shape index (κ1) is 19.4. The largest absolute Gasteiger partial charge is 0.390 e. The van der Waals surface area contributed by atoms with Crippen molar-refractivity contribution in [2.75, 3.05) is 0 Å². The molecule has 0 heterocycles. The second-order valence-corrected chi connectivity index (χ2v) is 8.44. The molecule has 22 heavy (non-hydrogen) atoms. The average molecular weight is 309 g/mol. The lowest BCUT2D eigenvalue weighted by Gasteiger charge is -2.48. The summed E-state index contributed by atoms with van der Waals surface area (Å²) >= 11 is 0.